The molecule has 0 saturated carbocycles. The quantitative estimate of drug-likeness (QED) is 0.350. The van der Waals surface area contributed by atoms with Crippen molar-refractivity contribution in [1.29, 1.82) is 0 Å². The minimum Gasteiger partial charge on any atom is -0.128 e. The zero-order chi connectivity index (χ0) is 18.9. The molecule has 0 saturated heterocycles. The topological polar surface area (TPSA) is 0 Å². The summed E-state index contributed by atoms with van der Waals surface area (Å²) in [6.07, 6.45) is 4.75. The molecule has 0 fully saturated rings. The van der Waals surface area contributed by atoms with Crippen LogP contribution in [-0.4, -0.2) is 8.07 Å². The molecule has 3 heteroatoms. The Labute approximate surface area is 174 Å². The molecular formula is C24H23BrSSi. The van der Waals surface area contributed by atoms with Crippen molar-refractivity contribution in [2.24, 2.45) is 0 Å². The fourth-order valence-corrected chi connectivity index (χ4v) is 10.3. The summed E-state index contributed by atoms with van der Waals surface area (Å²) in [5.41, 5.74) is 9.11. The summed E-state index contributed by atoms with van der Waals surface area (Å²) in [5.74, 6) is 0. The number of benzene rings is 2. The van der Waals surface area contributed by atoms with Crippen molar-refractivity contribution in [3.05, 3.63) is 78.8 Å². The zero-order valence-electron chi connectivity index (χ0n) is 16.2. The van der Waals surface area contributed by atoms with Gasteiger partial charge in [0.05, 0.1) is 3.79 Å². The maximum absolute atomic E-state index is 3.69. The van der Waals surface area contributed by atoms with Crippen molar-refractivity contribution >= 4 is 56.7 Å². The van der Waals surface area contributed by atoms with E-state index < -0.39 is 8.07 Å². The lowest BCUT2D eigenvalue weighted by Crippen LogP contribution is -2.32. The molecule has 1 heterocycles. The fraction of sp³-hybridized carbons (Fsp3) is 0.250. The first-order valence-corrected chi connectivity index (χ1v) is 14.2. The third-order valence-electron chi connectivity index (χ3n) is 6.52. The minimum absolute atomic E-state index is 1.12. The summed E-state index contributed by atoms with van der Waals surface area (Å²) in [4.78, 5) is 0. The van der Waals surface area contributed by atoms with E-state index in [1.165, 1.54) is 30.6 Å². The van der Waals surface area contributed by atoms with Crippen molar-refractivity contribution in [1.82, 2.24) is 0 Å². The van der Waals surface area contributed by atoms with Gasteiger partial charge in [-0.15, -0.1) is 11.3 Å². The zero-order valence-corrected chi connectivity index (χ0v) is 19.6. The first-order valence-electron chi connectivity index (χ1n) is 9.57. The molecule has 0 atom stereocenters. The molecule has 0 nitrogen and oxygen atoms in total. The molecular weight excluding hydrogens is 428 g/mol. The van der Waals surface area contributed by atoms with Crippen LogP contribution < -0.4 is 0 Å². The van der Waals surface area contributed by atoms with E-state index in [0.717, 1.165) is 12.8 Å². The smallest absolute Gasteiger partial charge is 0.108 e. The molecule has 0 N–H and O–H groups in total. The van der Waals surface area contributed by atoms with Crippen LogP contribution in [0.4, 0.5) is 0 Å². The van der Waals surface area contributed by atoms with Crippen LogP contribution in [0.1, 0.15) is 34.7 Å². The van der Waals surface area contributed by atoms with Gasteiger partial charge in [-0.1, -0.05) is 54.2 Å². The maximum Gasteiger partial charge on any atom is 0.108 e. The van der Waals surface area contributed by atoms with Crippen molar-refractivity contribution in [2.45, 2.75) is 39.8 Å². The molecule has 27 heavy (non-hydrogen) atoms. The van der Waals surface area contributed by atoms with Crippen molar-refractivity contribution in [2.75, 3.05) is 0 Å². The van der Waals surface area contributed by atoms with Gasteiger partial charge in [0.15, 0.2) is 0 Å². The summed E-state index contributed by atoms with van der Waals surface area (Å²) in [6.45, 7) is 9.80. The minimum atomic E-state index is -1.72. The third-order valence-corrected chi connectivity index (χ3v) is 12.0. The van der Waals surface area contributed by atoms with Crippen LogP contribution in [0.2, 0.25) is 13.1 Å². The van der Waals surface area contributed by atoms with Crippen LogP contribution in [0.25, 0.3) is 21.4 Å². The average molecular weight is 452 g/mol. The van der Waals surface area contributed by atoms with E-state index >= 15 is 0 Å². The molecule has 2 aromatic carbocycles. The normalized spacial score (nSPS) is 16.1. The summed E-state index contributed by atoms with van der Waals surface area (Å²) in [7, 11) is -1.72. The number of fused-ring (bicyclic) bond motifs is 3. The van der Waals surface area contributed by atoms with Crippen molar-refractivity contribution < 1.29 is 0 Å². The summed E-state index contributed by atoms with van der Waals surface area (Å²) >= 11 is 5.55. The van der Waals surface area contributed by atoms with E-state index in [1.54, 1.807) is 27.1 Å². The summed E-state index contributed by atoms with van der Waals surface area (Å²) < 4.78 is 2.65. The number of allylic oxidation sites excluding steroid dienone is 2. The van der Waals surface area contributed by atoms with Gasteiger partial charge in [-0.2, -0.15) is 0 Å². The first kappa shape index (κ1) is 17.7. The van der Waals surface area contributed by atoms with Crippen LogP contribution in [0.3, 0.4) is 0 Å². The second-order valence-corrected chi connectivity index (χ2v) is 15.3. The van der Waals surface area contributed by atoms with Gasteiger partial charge in [0.2, 0.25) is 0 Å². The molecule has 0 amide bonds. The number of aryl methyl sites for hydroxylation is 1. The van der Waals surface area contributed by atoms with Gasteiger partial charge in [0.25, 0.3) is 0 Å². The van der Waals surface area contributed by atoms with Gasteiger partial charge in [0.1, 0.15) is 8.07 Å². The highest BCUT2D eigenvalue weighted by Gasteiger charge is 2.38. The number of halogens is 1. The SMILES string of the molecule is CC1=C([Si](C)(C)C2=Cc3ccccc3C2)c2cc3sc(Br)cc3c(C)c2C1. The van der Waals surface area contributed by atoms with E-state index in [0.29, 0.717) is 0 Å². The highest BCUT2D eigenvalue weighted by Crippen LogP contribution is 2.47. The second kappa shape index (κ2) is 6.04. The van der Waals surface area contributed by atoms with Gasteiger partial charge in [-0.25, -0.2) is 0 Å². The Bertz CT molecular complexity index is 1180. The molecule has 3 aromatic rings. The van der Waals surface area contributed by atoms with Crippen molar-refractivity contribution in [3.8, 4) is 0 Å². The predicted octanol–water partition coefficient (Wildman–Crippen LogP) is 7.73. The Morgan fingerprint density at radius 3 is 2.59 bits per heavy atom. The molecule has 2 aliphatic carbocycles. The highest BCUT2D eigenvalue weighted by molar-refractivity contribution is 9.11. The molecule has 1 aromatic heterocycles. The number of hydrogen-bond acceptors (Lipinski definition) is 1. The Balaban J connectivity index is 1.66. The molecule has 5 rings (SSSR count). The van der Waals surface area contributed by atoms with E-state index in [2.05, 4.69) is 85.3 Å². The molecule has 136 valence electrons. The monoisotopic (exact) mass is 450 g/mol. The Hall–Kier alpha value is -1.42. The highest BCUT2D eigenvalue weighted by atomic mass is 79.9. The van der Waals surface area contributed by atoms with Crippen LogP contribution in [0.5, 0.6) is 0 Å². The largest absolute Gasteiger partial charge is 0.128 e. The number of thiophene rings is 1. The molecule has 0 bridgehead atoms. The predicted molar refractivity (Wildman–Crippen MR) is 126 cm³/mol. The molecule has 0 radical (unpaired) electrons. The van der Waals surface area contributed by atoms with Crippen LogP contribution in [0, 0.1) is 6.92 Å². The van der Waals surface area contributed by atoms with E-state index in [-0.39, 0.29) is 0 Å². The molecule has 0 unspecified atom stereocenters. The lowest BCUT2D eigenvalue weighted by Gasteiger charge is -2.28. The maximum atomic E-state index is 3.69. The summed E-state index contributed by atoms with van der Waals surface area (Å²) in [6, 6.07) is 13.7. The van der Waals surface area contributed by atoms with Crippen molar-refractivity contribution in [3.63, 3.8) is 0 Å². The van der Waals surface area contributed by atoms with Gasteiger partial charge in [0, 0.05) is 4.70 Å². The van der Waals surface area contributed by atoms with Gasteiger partial charge < -0.3 is 0 Å². The van der Waals surface area contributed by atoms with Gasteiger partial charge in [-0.05, 0) is 93.2 Å². The van der Waals surface area contributed by atoms with Crippen LogP contribution >= 0.6 is 27.3 Å². The van der Waals surface area contributed by atoms with Crippen LogP contribution in [0.15, 0.2) is 51.0 Å². The number of hydrogen-bond donors (Lipinski definition) is 0. The van der Waals surface area contributed by atoms with E-state index in [4.69, 9.17) is 0 Å². The van der Waals surface area contributed by atoms with Gasteiger partial charge >= 0.3 is 0 Å². The molecule has 2 aliphatic rings. The number of rotatable bonds is 2. The molecule has 0 spiro atoms. The fourth-order valence-electron chi connectivity index (χ4n) is 5.10. The average Bonchev–Trinajstić information content (AvgIpc) is 3.29. The first-order chi connectivity index (χ1) is 12.9. The third kappa shape index (κ3) is 2.59. The van der Waals surface area contributed by atoms with E-state index in [9.17, 15) is 0 Å². The Morgan fingerprint density at radius 2 is 1.81 bits per heavy atom. The molecule has 0 aliphatic heterocycles. The van der Waals surface area contributed by atoms with Crippen LogP contribution in [-0.2, 0) is 12.8 Å². The van der Waals surface area contributed by atoms with Gasteiger partial charge in [-0.3, -0.25) is 0 Å². The van der Waals surface area contributed by atoms with E-state index in [1.807, 2.05) is 11.3 Å². The Morgan fingerprint density at radius 1 is 1.04 bits per heavy atom. The lowest BCUT2D eigenvalue weighted by atomic mass is 10.00. The second-order valence-electron chi connectivity index (χ2n) is 8.49. The standard InChI is InChI=1S/C24H23BrSSi/c1-14-9-19-15(2)20-13-23(25)26-22(20)12-21(19)24(14)27(3,4)18-10-16-7-5-6-8-17(16)11-18/h5-8,10,12-13H,9,11H2,1-4H3. The summed E-state index contributed by atoms with van der Waals surface area (Å²) in [5, 5.41) is 4.79. The Kier molecular flexibility index (Phi) is 3.95. The lowest BCUT2D eigenvalue weighted by molar-refractivity contribution is 1.17.